The van der Waals surface area contributed by atoms with Crippen molar-refractivity contribution in [1.82, 2.24) is 0 Å². The van der Waals surface area contributed by atoms with Gasteiger partial charge in [0.25, 0.3) is 0 Å². The Morgan fingerprint density at radius 1 is 0.556 bits per heavy atom. The third kappa shape index (κ3) is 6.94. The van der Waals surface area contributed by atoms with E-state index >= 15 is 0 Å². The molecule has 0 fully saturated rings. The fourth-order valence-corrected chi connectivity index (χ4v) is 3.51. The first-order chi connectivity index (χ1) is 13.4. The Balaban J connectivity index is 1.44. The summed E-state index contributed by atoms with van der Waals surface area (Å²) >= 11 is 0. The van der Waals surface area contributed by atoms with E-state index in [0.717, 1.165) is 13.1 Å². The average molecular weight is 357 g/mol. The van der Waals surface area contributed by atoms with E-state index in [9.17, 15) is 0 Å². The summed E-state index contributed by atoms with van der Waals surface area (Å²) in [6.45, 7) is 2.25. The Bertz CT molecular complexity index is 689. The number of benzene rings is 3. The van der Waals surface area contributed by atoms with Crippen molar-refractivity contribution in [2.45, 2.75) is 38.5 Å². The molecule has 0 N–H and O–H groups in total. The monoisotopic (exact) mass is 356 g/mol. The van der Waals surface area contributed by atoms with E-state index in [-0.39, 0.29) is 0 Å². The third-order valence-electron chi connectivity index (χ3n) is 5.04. The summed E-state index contributed by atoms with van der Waals surface area (Å²) in [5.74, 6) is 0. The molecule has 0 spiro atoms. The Labute approximate surface area is 164 Å². The van der Waals surface area contributed by atoms with Gasteiger partial charge in [-0.05, 0) is 67.9 Å². The van der Waals surface area contributed by atoms with Crippen LogP contribution in [0.3, 0.4) is 0 Å². The van der Waals surface area contributed by atoms with Crippen LogP contribution in [0.5, 0.6) is 0 Å². The molecule has 0 aromatic heterocycles. The summed E-state index contributed by atoms with van der Waals surface area (Å²) in [7, 11) is 0. The van der Waals surface area contributed by atoms with Crippen LogP contribution in [0.15, 0.2) is 84.9 Å². The summed E-state index contributed by atoms with van der Waals surface area (Å²) < 4.78 is 0. The van der Waals surface area contributed by atoms with Crippen LogP contribution in [0.25, 0.3) is 0 Å². The van der Waals surface area contributed by atoms with Crippen molar-refractivity contribution < 1.29 is 0 Å². The van der Waals surface area contributed by atoms with Crippen LogP contribution in [0.4, 0.5) is 5.69 Å². The molecule has 27 heavy (non-hydrogen) atoms. The van der Waals surface area contributed by atoms with Crippen molar-refractivity contribution in [2.24, 2.45) is 0 Å². The molecule has 0 saturated heterocycles. The van der Waals surface area contributed by atoms with Gasteiger partial charge < -0.3 is 4.90 Å². The van der Waals surface area contributed by atoms with E-state index in [4.69, 9.17) is 0 Å². The summed E-state index contributed by atoms with van der Waals surface area (Å²) in [6.07, 6.45) is 7.28. The van der Waals surface area contributed by atoms with Gasteiger partial charge in [-0.3, -0.25) is 0 Å². The van der Waals surface area contributed by atoms with Gasteiger partial charge in [0.1, 0.15) is 0 Å². The lowest BCUT2D eigenvalue weighted by Gasteiger charge is -2.25. The summed E-state index contributed by atoms with van der Waals surface area (Å²) in [5.41, 5.74) is 4.22. The second-order valence-electron chi connectivity index (χ2n) is 7.13. The molecule has 139 valence electrons. The molecule has 0 bridgehead atoms. The van der Waals surface area contributed by atoms with Gasteiger partial charge in [0.05, 0.1) is 0 Å². The summed E-state index contributed by atoms with van der Waals surface area (Å²) in [5, 5.41) is 0. The Morgan fingerprint density at radius 3 is 1.52 bits per heavy atom. The lowest BCUT2D eigenvalue weighted by Crippen LogP contribution is -2.25. The molecule has 1 heteroatoms. The van der Waals surface area contributed by atoms with Gasteiger partial charge >= 0.3 is 0 Å². The second-order valence-corrected chi connectivity index (χ2v) is 7.13. The smallest absolute Gasteiger partial charge is 0.0366 e. The van der Waals surface area contributed by atoms with Crippen molar-refractivity contribution in [3.63, 3.8) is 0 Å². The molecule has 0 amide bonds. The van der Waals surface area contributed by atoms with E-state index in [1.807, 2.05) is 12.1 Å². The maximum absolute atomic E-state index is 3.14. The molecule has 0 aliphatic carbocycles. The van der Waals surface area contributed by atoms with Gasteiger partial charge in [0.15, 0.2) is 0 Å². The fraction of sp³-hybridized carbons (Fsp3) is 0.308. The molecule has 3 aromatic rings. The minimum Gasteiger partial charge on any atom is -0.372 e. The van der Waals surface area contributed by atoms with Crippen LogP contribution >= 0.6 is 0 Å². The predicted molar refractivity (Wildman–Crippen MR) is 116 cm³/mol. The maximum atomic E-state index is 3.14. The number of nitrogens with zero attached hydrogens (tertiary/aromatic N) is 1. The molecular formula is C26H30N. The van der Waals surface area contributed by atoms with Crippen molar-refractivity contribution in [1.29, 1.82) is 0 Å². The van der Waals surface area contributed by atoms with Gasteiger partial charge in [0.2, 0.25) is 0 Å². The molecule has 3 aromatic carbocycles. The van der Waals surface area contributed by atoms with Crippen LogP contribution < -0.4 is 4.90 Å². The molecule has 0 aliphatic heterocycles. The Kier molecular flexibility index (Phi) is 8.00. The average Bonchev–Trinajstić information content (AvgIpc) is 2.75. The van der Waals surface area contributed by atoms with Crippen molar-refractivity contribution in [2.75, 3.05) is 18.0 Å². The molecule has 0 atom stereocenters. The van der Waals surface area contributed by atoms with Crippen LogP contribution in [0.2, 0.25) is 0 Å². The van der Waals surface area contributed by atoms with E-state index in [2.05, 4.69) is 83.8 Å². The Hall–Kier alpha value is -2.54. The highest BCUT2D eigenvalue weighted by molar-refractivity contribution is 5.45. The van der Waals surface area contributed by atoms with Gasteiger partial charge in [-0.25, -0.2) is 0 Å². The zero-order valence-electron chi connectivity index (χ0n) is 16.2. The standard InChI is InChI=1S/C26H30N/c1-4-14-24(15-5-1)18-10-12-22-27(26-20-8-3-9-21-26)23-13-11-19-25-16-6-2-7-17-25/h1-2,4-9,14-17,20-21H,10-13,18-19,22-23H2. The highest BCUT2D eigenvalue weighted by Gasteiger charge is 2.06. The number of aryl methyl sites for hydroxylation is 2. The van der Waals surface area contributed by atoms with Gasteiger partial charge in [-0.1, -0.05) is 72.8 Å². The zero-order valence-corrected chi connectivity index (χ0v) is 16.2. The van der Waals surface area contributed by atoms with E-state index in [1.54, 1.807) is 0 Å². The quantitative estimate of drug-likeness (QED) is 0.362. The van der Waals surface area contributed by atoms with Crippen LogP contribution in [-0.2, 0) is 12.8 Å². The molecular weight excluding hydrogens is 326 g/mol. The molecule has 1 radical (unpaired) electrons. The molecule has 1 nitrogen and oxygen atoms in total. The van der Waals surface area contributed by atoms with Crippen molar-refractivity contribution in [3.8, 4) is 0 Å². The third-order valence-corrected chi connectivity index (χ3v) is 5.04. The van der Waals surface area contributed by atoms with Crippen LogP contribution in [-0.4, -0.2) is 13.1 Å². The molecule has 0 heterocycles. The van der Waals surface area contributed by atoms with Crippen molar-refractivity contribution in [3.05, 3.63) is 102 Å². The van der Waals surface area contributed by atoms with Gasteiger partial charge in [-0.15, -0.1) is 0 Å². The minimum atomic E-state index is 1.13. The largest absolute Gasteiger partial charge is 0.372 e. The highest BCUT2D eigenvalue weighted by Crippen LogP contribution is 2.16. The first-order valence-corrected chi connectivity index (χ1v) is 10.2. The summed E-state index contributed by atoms with van der Waals surface area (Å²) in [4.78, 5) is 2.55. The predicted octanol–water partition coefficient (Wildman–Crippen LogP) is 6.34. The van der Waals surface area contributed by atoms with Crippen LogP contribution in [0.1, 0.15) is 36.8 Å². The number of hydrogen-bond acceptors (Lipinski definition) is 1. The normalized spacial score (nSPS) is 10.7. The first kappa shape index (κ1) is 19.2. The lowest BCUT2D eigenvalue weighted by molar-refractivity contribution is 0.646. The number of hydrogen-bond donors (Lipinski definition) is 0. The fourth-order valence-electron chi connectivity index (χ4n) is 3.51. The molecule has 3 rings (SSSR count). The zero-order chi connectivity index (χ0) is 18.6. The number of anilines is 1. The van der Waals surface area contributed by atoms with Gasteiger partial charge in [0, 0.05) is 18.8 Å². The highest BCUT2D eigenvalue weighted by atomic mass is 15.1. The van der Waals surface area contributed by atoms with Crippen LogP contribution in [0, 0.1) is 6.07 Å². The maximum Gasteiger partial charge on any atom is 0.0366 e. The topological polar surface area (TPSA) is 3.24 Å². The number of unbranched alkanes of at least 4 members (excludes halogenated alkanes) is 2. The lowest BCUT2D eigenvalue weighted by atomic mass is 10.1. The summed E-state index contributed by atoms with van der Waals surface area (Å²) in [6, 6.07) is 33.2. The van der Waals surface area contributed by atoms with Gasteiger partial charge in [-0.2, -0.15) is 0 Å². The SMILES string of the molecule is [c]1ccc(N(CCCCc2ccccc2)CCCCc2ccccc2)cc1. The molecule has 0 aliphatic rings. The van der Waals surface area contributed by atoms with Crippen molar-refractivity contribution >= 4 is 5.69 Å². The molecule has 0 unspecified atom stereocenters. The Morgan fingerprint density at radius 2 is 1.04 bits per heavy atom. The van der Waals surface area contributed by atoms with E-state index in [0.29, 0.717) is 0 Å². The van der Waals surface area contributed by atoms with E-state index < -0.39 is 0 Å². The first-order valence-electron chi connectivity index (χ1n) is 10.2. The minimum absolute atomic E-state index is 1.13. The number of rotatable bonds is 11. The van der Waals surface area contributed by atoms with E-state index in [1.165, 1.54) is 55.3 Å². The molecule has 0 saturated carbocycles. The second kappa shape index (κ2) is 11.2.